The van der Waals surface area contributed by atoms with Crippen LogP contribution in [0.1, 0.15) is 24.0 Å². The van der Waals surface area contributed by atoms with Gasteiger partial charge in [0.05, 0.1) is 0 Å². The van der Waals surface area contributed by atoms with Gasteiger partial charge in [0.25, 0.3) is 0 Å². The summed E-state index contributed by atoms with van der Waals surface area (Å²) in [5, 5.41) is 12.7. The Labute approximate surface area is 161 Å². The summed E-state index contributed by atoms with van der Waals surface area (Å²) < 4.78 is 5.27. The van der Waals surface area contributed by atoms with Gasteiger partial charge in [-0.15, -0.1) is 0 Å². The van der Waals surface area contributed by atoms with Gasteiger partial charge in [-0.05, 0) is 31.0 Å². The van der Waals surface area contributed by atoms with Gasteiger partial charge in [-0.2, -0.15) is 4.79 Å². The third-order valence-electron chi connectivity index (χ3n) is 4.40. The van der Waals surface area contributed by atoms with Crippen LogP contribution in [0.25, 0.3) is 16.4 Å². The lowest BCUT2D eigenvalue weighted by Crippen LogP contribution is -2.46. The van der Waals surface area contributed by atoms with Crippen LogP contribution in [-0.4, -0.2) is 58.0 Å². The second-order valence-electron chi connectivity index (χ2n) is 6.44. The highest BCUT2D eigenvalue weighted by Crippen LogP contribution is 2.21. The number of nitrogens with one attached hydrogen (secondary N) is 2. The van der Waals surface area contributed by atoms with Crippen LogP contribution < -0.4 is 5.32 Å². The number of ether oxygens (including phenoxy) is 1. The molecule has 0 saturated heterocycles. The first-order valence-electron chi connectivity index (χ1n) is 8.68. The molecule has 148 valence electrons. The van der Waals surface area contributed by atoms with Crippen molar-refractivity contribution in [2.75, 3.05) is 7.11 Å². The predicted octanol–water partition coefficient (Wildman–Crippen LogP) is 1.25. The fourth-order valence-electron chi connectivity index (χ4n) is 2.88. The fourth-order valence-corrected chi connectivity index (χ4v) is 2.88. The van der Waals surface area contributed by atoms with Crippen LogP contribution in [0.15, 0.2) is 24.4 Å². The van der Waals surface area contributed by atoms with Gasteiger partial charge in [0.1, 0.15) is 12.1 Å². The molecule has 9 heteroatoms. The molecule has 0 aliphatic carbocycles. The van der Waals surface area contributed by atoms with Gasteiger partial charge in [0.15, 0.2) is 0 Å². The number of aryl methyl sites for hydroxylation is 1. The van der Waals surface area contributed by atoms with Crippen molar-refractivity contribution in [2.45, 2.75) is 38.3 Å². The van der Waals surface area contributed by atoms with Crippen molar-refractivity contribution >= 4 is 34.8 Å². The maximum atomic E-state index is 12.5. The fraction of sp³-hybridized carbons (Fsp3) is 0.368. The van der Waals surface area contributed by atoms with Crippen molar-refractivity contribution in [2.24, 2.45) is 0 Å². The molecule has 28 heavy (non-hydrogen) atoms. The Balaban J connectivity index is 2.08. The number of fused-ring (bicyclic) bond motifs is 1. The molecule has 2 aromatic rings. The molecule has 1 aromatic heterocycles. The Morgan fingerprint density at radius 2 is 2.14 bits per heavy atom. The van der Waals surface area contributed by atoms with E-state index in [2.05, 4.69) is 15.1 Å². The zero-order chi connectivity index (χ0) is 20.7. The number of rotatable bonds is 10. The largest absolute Gasteiger partial charge is 0.480 e. The molecule has 0 radical (unpaired) electrons. The highest BCUT2D eigenvalue weighted by molar-refractivity contribution is 6.25. The van der Waals surface area contributed by atoms with Crippen LogP contribution in [0.2, 0.25) is 0 Å². The van der Waals surface area contributed by atoms with E-state index in [0.29, 0.717) is 6.21 Å². The second-order valence-corrected chi connectivity index (χ2v) is 6.44. The average Bonchev–Trinajstić information content (AvgIpc) is 3.04. The number of H-pyrrole nitrogens is 1. The Kier molecular flexibility index (Phi) is 7.20. The summed E-state index contributed by atoms with van der Waals surface area (Å²) in [5.41, 5.74) is 11.2. The maximum Gasteiger partial charge on any atom is 0.326 e. The number of carbonyl (C=O) groups excluding carboxylic acids is 2. The van der Waals surface area contributed by atoms with Gasteiger partial charge in [0, 0.05) is 37.1 Å². The molecule has 0 spiro atoms. The molecule has 9 nitrogen and oxygen atoms in total. The lowest BCUT2D eigenvalue weighted by atomic mass is 10.0. The van der Waals surface area contributed by atoms with Crippen LogP contribution in [0.3, 0.4) is 0 Å². The molecule has 0 saturated carbocycles. The van der Waals surface area contributed by atoms with E-state index in [0.717, 1.165) is 22.0 Å². The summed E-state index contributed by atoms with van der Waals surface area (Å²) in [6.45, 7) is 1.97. The van der Waals surface area contributed by atoms with E-state index in [9.17, 15) is 19.5 Å². The zero-order valence-corrected chi connectivity index (χ0v) is 15.6. The molecule has 0 bridgehead atoms. The van der Waals surface area contributed by atoms with E-state index in [1.165, 1.54) is 7.11 Å². The first-order chi connectivity index (χ1) is 13.3. The molecule has 2 rings (SSSR count). The van der Waals surface area contributed by atoms with Gasteiger partial charge in [-0.3, -0.25) is 9.59 Å². The molecule has 0 unspecified atom stereocenters. The van der Waals surface area contributed by atoms with Crippen molar-refractivity contribution in [3.05, 3.63) is 41.1 Å². The van der Waals surface area contributed by atoms with E-state index in [-0.39, 0.29) is 19.3 Å². The maximum absolute atomic E-state index is 12.5. The van der Waals surface area contributed by atoms with Crippen LogP contribution in [0, 0.1) is 6.92 Å². The number of Topliss-reactive ketones (excluding diaryl/α,β-unsaturated/α-hetero) is 1. The number of benzene rings is 1. The SMILES string of the molecule is CO[C@@H](Cc1c[nH]c2ccc(C)cc12)C(=O)N[C@@H](CCC(=O)C=[N+]=[N-])C(=O)O. The van der Waals surface area contributed by atoms with E-state index in [1.807, 2.05) is 25.1 Å². The average molecular weight is 386 g/mol. The summed E-state index contributed by atoms with van der Waals surface area (Å²) in [7, 11) is 1.38. The lowest BCUT2D eigenvalue weighted by molar-refractivity contribution is -0.144. The van der Waals surface area contributed by atoms with Gasteiger partial charge in [0.2, 0.25) is 11.7 Å². The summed E-state index contributed by atoms with van der Waals surface area (Å²) in [4.78, 5) is 41.0. The second kappa shape index (κ2) is 9.59. The molecule has 3 N–H and O–H groups in total. The van der Waals surface area contributed by atoms with E-state index in [1.54, 1.807) is 6.20 Å². The number of ketones is 1. The number of aliphatic carboxylic acids is 1. The number of carboxylic acid groups (broad SMARTS) is 1. The summed E-state index contributed by atoms with van der Waals surface area (Å²) >= 11 is 0. The standard InChI is InChI=1S/C19H22N4O5/c1-11-3-5-15-14(7-11)12(9-21-15)8-17(28-2)18(25)23-16(19(26)27)6-4-13(24)10-22-20/h3,5,7,9-10,16-17,21H,4,6,8H2,1-2H3,(H,23,25)(H,26,27)/t16-,17-/m0/s1. The molecular weight excluding hydrogens is 364 g/mol. The van der Waals surface area contributed by atoms with Crippen molar-refractivity contribution in [1.82, 2.24) is 10.3 Å². The molecule has 1 aromatic carbocycles. The Morgan fingerprint density at radius 3 is 2.79 bits per heavy atom. The number of nitrogens with zero attached hydrogens (tertiary/aromatic N) is 2. The zero-order valence-electron chi connectivity index (χ0n) is 15.6. The van der Waals surface area contributed by atoms with Crippen LogP contribution in [-0.2, 0) is 25.5 Å². The van der Waals surface area contributed by atoms with Crippen molar-refractivity contribution in [3.8, 4) is 0 Å². The van der Waals surface area contributed by atoms with E-state index in [4.69, 9.17) is 10.3 Å². The van der Waals surface area contributed by atoms with Gasteiger partial charge < -0.3 is 25.7 Å². The number of aromatic amines is 1. The molecule has 2 atom stereocenters. The predicted molar refractivity (Wildman–Crippen MR) is 101 cm³/mol. The number of carbonyl (C=O) groups is 3. The number of hydrogen-bond donors (Lipinski definition) is 3. The molecule has 1 amide bonds. The van der Waals surface area contributed by atoms with Crippen LogP contribution in [0.5, 0.6) is 0 Å². The lowest BCUT2D eigenvalue weighted by Gasteiger charge is -2.19. The Morgan fingerprint density at radius 1 is 1.39 bits per heavy atom. The molecular formula is C19H22N4O5. The summed E-state index contributed by atoms with van der Waals surface area (Å²) in [6.07, 6.45) is 1.54. The van der Waals surface area contributed by atoms with Crippen LogP contribution in [0.4, 0.5) is 0 Å². The minimum absolute atomic E-state index is 0.130. The Hall–Kier alpha value is -3.29. The highest BCUT2D eigenvalue weighted by atomic mass is 16.5. The van der Waals surface area contributed by atoms with Gasteiger partial charge in [-0.1, -0.05) is 11.6 Å². The third kappa shape index (κ3) is 5.35. The van der Waals surface area contributed by atoms with Crippen molar-refractivity contribution < 1.29 is 29.0 Å². The molecule has 1 heterocycles. The number of amides is 1. The van der Waals surface area contributed by atoms with Gasteiger partial charge in [-0.25, -0.2) is 4.79 Å². The highest BCUT2D eigenvalue weighted by Gasteiger charge is 2.26. The first-order valence-corrected chi connectivity index (χ1v) is 8.68. The summed E-state index contributed by atoms with van der Waals surface area (Å²) in [6, 6.07) is 4.67. The normalized spacial score (nSPS) is 12.8. The Bertz CT molecular complexity index is 930. The van der Waals surface area contributed by atoms with E-state index >= 15 is 0 Å². The third-order valence-corrected chi connectivity index (χ3v) is 4.40. The number of aromatic nitrogens is 1. The topological polar surface area (TPSA) is 145 Å². The first kappa shape index (κ1) is 21.0. The summed E-state index contributed by atoms with van der Waals surface area (Å²) in [5.74, 6) is -2.39. The van der Waals surface area contributed by atoms with Crippen LogP contribution >= 0.6 is 0 Å². The molecule has 0 aliphatic heterocycles. The molecule has 0 aliphatic rings. The smallest absolute Gasteiger partial charge is 0.326 e. The van der Waals surface area contributed by atoms with Crippen molar-refractivity contribution in [1.29, 1.82) is 0 Å². The minimum Gasteiger partial charge on any atom is -0.480 e. The monoisotopic (exact) mass is 386 g/mol. The molecule has 0 fully saturated rings. The van der Waals surface area contributed by atoms with Gasteiger partial charge >= 0.3 is 12.2 Å². The number of hydrogen-bond acceptors (Lipinski definition) is 4. The van der Waals surface area contributed by atoms with Crippen molar-refractivity contribution in [3.63, 3.8) is 0 Å². The number of carboxylic acids is 1. The number of methoxy groups -OCH3 is 1. The van der Waals surface area contributed by atoms with E-state index < -0.39 is 29.8 Å². The quantitative estimate of drug-likeness (QED) is 0.320. The minimum atomic E-state index is -1.26.